The van der Waals surface area contributed by atoms with Gasteiger partial charge >= 0.3 is 0 Å². The van der Waals surface area contributed by atoms with Crippen LogP contribution in [0.4, 0.5) is 5.82 Å². The molecule has 2 heterocycles. The van der Waals surface area contributed by atoms with E-state index in [0.717, 1.165) is 0 Å². The molecule has 2 rings (SSSR count). The summed E-state index contributed by atoms with van der Waals surface area (Å²) in [4.78, 5) is 27.1. The normalized spacial score (nSPS) is 23.9. The molecule has 0 spiro atoms. The Kier molecular flexibility index (Phi) is 2.60. The predicted octanol–water partition coefficient (Wildman–Crippen LogP) is 0.546. The quantitative estimate of drug-likeness (QED) is 0.762. The number of rotatable bonds is 2. The highest BCUT2D eigenvalue weighted by Gasteiger charge is 2.40. The number of carbonyl (C=O) groups is 2. The minimum atomic E-state index is -0.672. The van der Waals surface area contributed by atoms with Crippen molar-refractivity contribution in [1.82, 2.24) is 10.3 Å². The number of pyridine rings is 1. The van der Waals surface area contributed by atoms with Crippen molar-refractivity contribution in [3.63, 3.8) is 0 Å². The first-order chi connectivity index (χ1) is 7.60. The fourth-order valence-electron chi connectivity index (χ4n) is 1.64. The first-order valence-electron chi connectivity index (χ1n) is 5.09. The molecule has 0 aromatic carbocycles. The Morgan fingerprint density at radius 1 is 1.56 bits per heavy atom. The number of hydrogen-bond donors (Lipinski definition) is 2. The molecular weight excluding hydrogens is 206 g/mol. The summed E-state index contributed by atoms with van der Waals surface area (Å²) < 4.78 is 0. The van der Waals surface area contributed by atoms with E-state index in [1.54, 1.807) is 31.3 Å². The Labute approximate surface area is 93.3 Å². The van der Waals surface area contributed by atoms with Crippen molar-refractivity contribution in [2.24, 2.45) is 5.41 Å². The Hall–Kier alpha value is -1.91. The molecule has 0 aliphatic carbocycles. The number of anilines is 1. The van der Waals surface area contributed by atoms with Gasteiger partial charge in [0.2, 0.25) is 11.8 Å². The minimum absolute atomic E-state index is 0.0846. The van der Waals surface area contributed by atoms with Gasteiger partial charge in [-0.2, -0.15) is 0 Å². The van der Waals surface area contributed by atoms with Crippen LogP contribution in [0.2, 0.25) is 0 Å². The second-order valence-corrected chi connectivity index (χ2v) is 4.18. The van der Waals surface area contributed by atoms with E-state index in [0.29, 0.717) is 12.4 Å². The Morgan fingerprint density at radius 3 is 2.94 bits per heavy atom. The number of carbonyl (C=O) groups excluding carboxylic acids is 2. The van der Waals surface area contributed by atoms with Gasteiger partial charge in [-0.15, -0.1) is 0 Å². The molecule has 1 fully saturated rings. The average molecular weight is 219 g/mol. The van der Waals surface area contributed by atoms with Crippen LogP contribution in [0.3, 0.4) is 0 Å². The summed E-state index contributed by atoms with van der Waals surface area (Å²) in [5.41, 5.74) is -0.672. The first kappa shape index (κ1) is 10.6. The highest BCUT2D eigenvalue weighted by atomic mass is 16.2. The maximum atomic E-state index is 11.9. The van der Waals surface area contributed by atoms with E-state index in [2.05, 4.69) is 15.6 Å². The highest BCUT2D eigenvalue weighted by Crippen LogP contribution is 2.26. The second-order valence-electron chi connectivity index (χ2n) is 4.18. The number of nitrogens with one attached hydrogen (secondary N) is 2. The van der Waals surface area contributed by atoms with Gasteiger partial charge in [0.15, 0.2) is 0 Å². The number of nitrogens with zero attached hydrogens (tertiary/aromatic N) is 1. The van der Waals surface area contributed by atoms with Gasteiger partial charge in [-0.1, -0.05) is 6.07 Å². The highest BCUT2D eigenvalue weighted by molar-refractivity contribution is 5.99. The fraction of sp³-hybridized carbons (Fsp3) is 0.364. The van der Waals surface area contributed by atoms with Crippen LogP contribution in [0.25, 0.3) is 0 Å². The molecule has 5 heteroatoms. The lowest BCUT2D eigenvalue weighted by molar-refractivity contribution is -0.126. The Balaban J connectivity index is 2.06. The summed E-state index contributed by atoms with van der Waals surface area (Å²) in [5.74, 6) is 0.247. The summed E-state index contributed by atoms with van der Waals surface area (Å²) in [6.07, 6.45) is 1.83. The van der Waals surface area contributed by atoms with E-state index in [1.807, 2.05) is 0 Å². The molecule has 0 saturated carbocycles. The predicted molar refractivity (Wildman–Crippen MR) is 58.6 cm³/mol. The van der Waals surface area contributed by atoms with Gasteiger partial charge in [0, 0.05) is 19.2 Å². The van der Waals surface area contributed by atoms with Crippen molar-refractivity contribution in [2.45, 2.75) is 13.3 Å². The maximum absolute atomic E-state index is 11.9. The lowest BCUT2D eigenvalue weighted by atomic mass is 9.88. The van der Waals surface area contributed by atoms with Crippen LogP contribution in [0.15, 0.2) is 24.4 Å². The number of hydrogen-bond acceptors (Lipinski definition) is 3. The summed E-state index contributed by atoms with van der Waals surface area (Å²) >= 11 is 0. The van der Waals surface area contributed by atoms with Gasteiger partial charge in [-0.25, -0.2) is 4.98 Å². The average Bonchev–Trinajstić information content (AvgIpc) is 2.61. The van der Waals surface area contributed by atoms with E-state index in [9.17, 15) is 9.59 Å². The molecule has 16 heavy (non-hydrogen) atoms. The van der Waals surface area contributed by atoms with Gasteiger partial charge in [-0.3, -0.25) is 9.59 Å². The SMILES string of the molecule is CC1(C(=O)Nc2ccccn2)CNC(=O)C1. The van der Waals surface area contributed by atoms with Crippen molar-refractivity contribution in [3.05, 3.63) is 24.4 Å². The molecular formula is C11H13N3O2. The smallest absolute Gasteiger partial charge is 0.233 e. The van der Waals surface area contributed by atoms with Crippen molar-refractivity contribution in [1.29, 1.82) is 0 Å². The van der Waals surface area contributed by atoms with Crippen LogP contribution < -0.4 is 10.6 Å². The number of amides is 2. The van der Waals surface area contributed by atoms with Crippen LogP contribution in [0.5, 0.6) is 0 Å². The lowest BCUT2D eigenvalue weighted by Gasteiger charge is -2.19. The van der Waals surface area contributed by atoms with Crippen molar-refractivity contribution in [2.75, 3.05) is 11.9 Å². The largest absolute Gasteiger partial charge is 0.355 e. The third kappa shape index (κ3) is 2.03. The molecule has 1 atom stereocenters. The zero-order chi connectivity index (χ0) is 11.6. The molecule has 1 aromatic rings. The molecule has 0 bridgehead atoms. The third-order valence-electron chi connectivity index (χ3n) is 2.68. The molecule has 84 valence electrons. The zero-order valence-electron chi connectivity index (χ0n) is 8.99. The molecule has 2 N–H and O–H groups in total. The minimum Gasteiger partial charge on any atom is -0.355 e. The third-order valence-corrected chi connectivity index (χ3v) is 2.68. The van der Waals surface area contributed by atoms with Crippen LogP contribution in [-0.2, 0) is 9.59 Å². The van der Waals surface area contributed by atoms with E-state index >= 15 is 0 Å². The zero-order valence-corrected chi connectivity index (χ0v) is 8.99. The Bertz CT molecular complexity index is 418. The molecule has 1 aliphatic rings. The van der Waals surface area contributed by atoms with E-state index in [4.69, 9.17) is 0 Å². The monoisotopic (exact) mass is 219 g/mol. The van der Waals surface area contributed by atoms with Crippen molar-refractivity contribution >= 4 is 17.6 Å². The Morgan fingerprint density at radius 2 is 2.38 bits per heavy atom. The summed E-state index contributed by atoms with van der Waals surface area (Å²) in [5, 5.41) is 5.36. The van der Waals surface area contributed by atoms with Crippen LogP contribution in [0.1, 0.15) is 13.3 Å². The van der Waals surface area contributed by atoms with Crippen molar-refractivity contribution < 1.29 is 9.59 Å². The van der Waals surface area contributed by atoms with Gasteiger partial charge in [0.05, 0.1) is 5.41 Å². The van der Waals surface area contributed by atoms with Crippen LogP contribution in [-0.4, -0.2) is 23.3 Å². The lowest BCUT2D eigenvalue weighted by Crippen LogP contribution is -2.35. The molecule has 2 amide bonds. The van der Waals surface area contributed by atoms with E-state index < -0.39 is 5.41 Å². The van der Waals surface area contributed by atoms with Gasteiger partial charge in [0.1, 0.15) is 5.82 Å². The summed E-state index contributed by atoms with van der Waals surface area (Å²) in [7, 11) is 0. The molecule has 1 aliphatic heterocycles. The van der Waals surface area contributed by atoms with Gasteiger partial charge in [0.25, 0.3) is 0 Å². The molecule has 5 nitrogen and oxygen atoms in total. The summed E-state index contributed by atoms with van der Waals surface area (Å²) in [6.45, 7) is 2.15. The fourth-order valence-corrected chi connectivity index (χ4v) is 1.64. The van der Waals surface area contributed by atoms with Crippen LogP contribution >= 0.6 is 0 Å². The molecule has 1 aromatic heterocycles. The van der Waals surface area contributed by atoms with Gasteiger partial charge in [-0.05, 0) is 19.1 Å². The molecule has 1 saturated heterocycles. The topological polar surface area (TPSA) is 71.1 Å². The first-order valence-corrected chi connectivity index (χ1v) is 5.09. The molecule has 1 unspecified atom stereocenters. The van der Waals surface area contributed by atoms with Crippen LogP contribution in [0, 0.1) is 5.41 Å². The van der Waals surface area contributed by atoms with E-state index in [-0.39, 0.29) is 18.2 Å². The van der Waals surface area contributed by atoms with Gasteiger partial charge < -0.3 is 10.6 Å². The van der Waals surface area contributed by atoms with E-state index in [1.165, 1.54) is 0 Å². The number of aromatic nitrogens is 1. The maximum Gasteiger partial charge on any atom is 0.233 e. The standard InChI is InChI=1S/C11H13N3O2/c1-11(6-9(15)13-7-11)10(16)14-8-4-2-3-5-12-8/h2-5H,6-7H2,1H3,(H,13,15)(H,12,14,16). The second kappa shape index (κ2) is 3.92. The summed E-state index contributed by atoms with van der Waals surface area (Å²) in [6, 6.07) is 5.28. The molecule has 0 radical (unpaired) electrons. The van der Waals surface area contributed by atoms with Crippen molar-refractivity contribution in [3.8, 4) is 0 Å².